The van der Waals surface area contributed by atoms with Gasteiger partial charge in [0, 0.05) is 19.7 Å². The summed E-state index contributed by atoms with van der Waals surface area (Å²) in [5.41, 5.74) is 0.136. The van der Waals surface area contributed by atoms with E-state index in [-0.39, 0.29) is 17.3 Å². The molecule has 0 amide bonds. The van der Waals surface area contributed by atoms with Gasteiger partial charge in [0.25, 0.3) is 0 Å². The molecule has 1 aromatic heterocycles. The van der Waals surface area contributed by atoms with E-state index in [1.165, 1.54) is 0 Å². The van der Waals surface area contributed by atoms with E-state index < -0.39 is 0 Å². The number of rotatable bonds is 1. The van der Waals surface area contributed by atoms with Crippen LogP contribution in [0, 0.1) is 0 Å². The molecule has 1 aromatic rings. The average molecular weight is 248 g/mol. The van der Waals surface area contributed by atoms with Crippen LogP contribution in [0.25, 0.3) is 12.7 Å². The van der Waals surface area contributed by atoms with Crippen molar-refractivity contribution in [2.75, 3.05) is 6.61 Å². The van der Waals surface area contributed by atoms with Crippen LogP contribution in [0.5, 0.6) is 0 Å². The average Bonchev–Trinajstić information content (AvgIpc) is 3.04. The molecule has 0 N–H and O–H groups in total. The largest absolute Gasteiger partial charge is 0.375 e. The van der Waals surface area contributed by atoms with E-state index in [4.69, 9.17) is 4.74 Å². The first kappa shape index (κ1) is 11.8. The Morgan fingerprint density at radius 1 is 1.50 bits per heavy atom. The highest BCUT2D eigenvalue weighted by Gasteiger charge is 2.48. The molecule has 98 valence electrons. The number of hydrogen-bond acceptors (Lipinski definition) is 2. The lowest BCUT2D eigenvalue weighted by Gasteiger charge is -2.30. The molecule has 2 heterocycles. The molecular weight excluding hydrogens is 228 g/mol. The smallest absolute Gasteiger partial charge is 0.329 e. The van der Waals surface area contributed by atoms with Gasteiger partial charge in [-0.1, -0.05) is 12.7 Å². The minimum absolute atomic E-state index is 0.0517. The van der Waals surface area contributed by atoms with E-state index in [1.54, 1.807) is 4.57 Å². The lowest BCUT2D eigenvalue weighted by molar-refractivity contribution is -0.0258. The third-order valence-corrected chi connectivity index (χ3v) is 4.35. The third-order valence-electron chi connectivity index (χ3n) is 4.35. The Hall–Kier alpha value is -1.29. The fourth-order valence-electron chi connectivity index (χ4n) is 3.14. The molecule has 1 aliphatic heterocycles. The van der Waals surface area contributed by atoms with Crippen molar-refractivity contribution in [3.8, 4) is 0 Å². The van der Waals surface area contributed by atoms with Crippen molar-refractivity contribution in [3.63, 3.8) is 0 Å². The van der Waals surface area contributed by atoms with Crippen LogP contribution < -0.4 is 16.4 Å². The van der Waals surface area contributed by atoms with E-state index in [1.807, 2.05) is 24.6 Å². The van der Waals surface area contributed by atoms with Gasteiger partial charge in [-0.3, -0.25) is 9.13 Å². The zero-order valence-corrected chi connectivity index (χ0v) is 11.1. The van der Waals surface area contributed by atoms with Crippen LogP contribution in [0.15, 0.2) is 4.79 Å². The summed E-state index contributed by atoms with van der Waals surface area (Å²) in [6.07, 6.45) is 6.11. The minimum Gasteiger partial charge on any atom is -0.375 e. The molecule has 18 heavy (non-hydrogen) atoms. The second-order valence-electron chi connectivity index (χ2n) is 5.51. The predicted molar refractivity (Wildman–Crippen MR) is 70.8 cm³/mol. The first-order valence-corrected chi connectivity index (χ1v) is 6.64. The summed E-state index contributed by atoms with van der Waals surface area (Å²) in [5, 5.41) is 1.77. The summed E-state index contributed by atoms with van der Waals surface area (Å²) < 4.78 is 9.39. The van der Waals surface area contributed by atoms with Gasteiger partial charge < -0.3 is 4.74 Å². The fourth-order valence-corrected chi connectivity index (χ4v) is 3.14. The van der Waals surface area contributed by atoms with Crippen LogP contribution >= 0.6 is 0 Å². The Kier molecular flexibility index (Phi) is 2.52. The summed E-state index contributed by atoms with van der Waals surface area (Å²) in [6.45, 7) is 6.79. The molecule has 1 spiro atoms. The van der Waals surface area contributed by atoms with Crippen molar-refractivity contribution in [2.45, 2.75) is 44.2 Å². The van der Waals surface area contributed by atoms with Crippen molar-refractivity contribution in [2.24, 2.45) is 7.05 Å². The van der Waals surface area contributed by atoms with Gasteiger partial charge in [-0.05, 0) is 32.6 Å². The van der Waals surface area contributed by atoms with E-state index in [0.717, 1.165) is 43.0 Å². The predicted octanol–water partition coefficient (Wildman–Crippen LogP) is 0.282. The van der Waals surface area contributed by atoms with E-state index in [2.05, 4.69) is 6.58 Å². The van der Waals surface area contributed by atoms with Crippen molar-refractivity contribution >= 4 is 12.7 Å². The van der Waals surface area contributed by atoms with Gasteiger partial charge in [0.05, 0.1) is 16.3 Å². The highest BCUT2D eigenvalue weighted by atomic mass is 16.5. The summed E-state index contributed by atoms with van der Waals surface area (Å²) in [7, 11) is 1.81. The Labute approximate surface area is 106 Å². The third kappa shape index (κ3) is 1.59. The molecule has 2 fully saturated rings. The first-order valence-electron chi connectivity index (χ1n) is 6.64. The first-order chi connectivity index (χ1) is 8.58. The van der Waals surface area contributed by atoms with Crippen LogP contribution in [0.4, 0.5) is 0 Å². The fraction of sp³-hybridized carbons (Fsp3) is 0.643. The number of imidazole rings is 1. The quantitative estimate of drug-likeness (QED) is 0.716. The van der Waals surface area contributed by atoms with Crippen LogP contribution in [0.2, 0.25) is 0 Å². The van der Waals surface area contributed by atoms with E-state index in [0.29, 0.717) is 0 Å². The van der Waals surface area contributed by atoms with Gasteiger partial charge in [-0.15, -0.1) is 0 Å². The molecule has 2 aliphatic rings. The highest BCUT2D eigenvalue weighted by molar-refractivity contribution is 5.18. The van der Waals surface area contributed by atoms with Gasteiger partial charge in [0.15, 0.2) is 0 Å². The normalized spacial score (nSPS) is 26.8. The van der Waals surface area contributed by atoms with Gasteiger partial charge >= 0.3 is 5.69 Å². The lowest BCUT2D eigenvalue weighted by atomic mass is 10.0. The second kappa shape index (κ2) is 3.85. The maximum absolute atomic E-state index is 12.3. The zero-order chi connectivity index (χ0) is 12.9. The number of ether oxygens (including phenoxy) is 1. The zero-order valence-electron chi connectivity index (χ0n) is 11.1. The molecule has 0 bridgehead atoms. The van der Waals surface area contributed by atoms with Crippen molar-refractivity contribution < 1.29 is 4.74 Å². The molecule has 0 radical (unpaired) electrons. The van der Waals surface area contributed by atoms with Crippen molar-refractivity contribution in [1.82, 2.24) is 9.13 Å². The topological polar surface area (TPSA) is 36.2 Å². The Morgan fingerprint density at radius 2 is 2.22 bits per heavy atom. The van der Waals surface area contributed by atoms with Crippen molar-refractivity contribution in [1.29, 1.82) is 0 Å². The summed E-state index contributed by atoms with van der Waals surface area (Å²) in [5.74, 6) is 0. The lowest BCUT2D eigenvalue weighted by Crippen LogP contribution is -2.39. The molecular formula is C14H20N2O2. The number of hydrogen-bond donors (Lipinski definition) is 0. The van der Waals surface area contributed by atoms with Gasteiger partial charge in [0.1, 0.15) is 0 Å². The van der Waals surface area contributed by atoms with Gasteiger partial charge in [-0.2, -0.15) is 0 Å². The van der Waals surface area contributed by atoms with Gasteiger partial charge in [0.2, 0.25) is 0 Å². The van der Waals surface area contributed by atoms with Crippen molar-refractivity contribution in [3.05, 3.63) is 21.2 Å². The molecule has 0 unspecified atom stereocenters. The molecule has 4 heteroatoms. The van der Waals surface area contributed by atoms with Crippen LogP contribution in [0.1, 0.15) is 38.6 Å². The Bertz CT molecular complexity index is 634. The number of aromatic nitrogens is 2. The maximum Gasteiger partial charge on any atom is 0.329 e. The molecule has 1 saturated carbocycles. The minimum atomic E-state index is 0.0517. The Morgan fingerprint density at radius 3 is 2.78 bits per heavy atom. The SMILES string of the molecule is C=c1/c(=C\C)n(C)c(=O)n1[C@@H]1CCOC2(CC2)C1. The van der Waals surface area contributed by atoms with E-state index >= 15 is 0 Å². The van der Waals surface area contributed by atoms with Crippen LogP contribution in [-0.4, -0.2) is 21.3 Å². The molecule has 1 saturated heterocycles. The summed E-state index contributed by atoms with van der Waals surface area (Å²) >= 11 is 0. The maximum atomic E-state index is 12.3. The molecule has 3 rings (SSSR count). The number of nitrogens with zero attached hydrogens (tertiary/aromatic N) is 2. The standard InChI is InChI=1S/C14H20N2O2/c1-4-12-10(2)16(13(17)15(12)3)11-5-8-18-14(9-11)6-7-14/h4,11H,2,5-9H2,1,3H3/b12-4+/t11-/m1/s1. The molecule has 1 atom stereocenters. The summed E-state index contributed by atoms with van der Waals surface area (Å²) in [6, 6.07) is 0.251. The Balaban J connectivity index is 2.07. The second-order valence-corrected chi connectivity index (χ2v) is 5.51. The highest BCUT2D eigenvalue weighted by Crippen LogP contribution is 2.48. The van der Waals surface area contributed by atoms with Crippen LogP contribution in [-0.2, 0) is 11.8 Å². The van der Waals surface area contributed by atoms with Gasteiger partial charge in [-0.25, -0.2) is 4.79 Å². The summed E-state index contributed by atoms with van der Waals surface area (Å²) in [4.78, 5) is 12.3. The molecule has 0 aromatic carbocycles. The molecule has 4 nitrogen and oxygen atoms in total. The van der Waals surface area contributed by atoms with E-state index in [9.17, 15) is 4.79 Å². The monoisotopic (exact) mass is 248 g/mol. The van der Waals surface area contributed by atoms with Crippen LogP contribution in [0.3, 0.4) is 0 Å². The molecule has 1 aliphatic carbocycles.